The summed E-state index contributed by atoms with van der Waals surface area (Å²) >= 11 is 0. The lowest BCUT2D eigenvalue weighted by molar-refractivity contribution is 0.610. The van der Waals surface area contributed by atoms with Crippen LogP contribution in [0, 0.1) is 5.82 Å². The molecule has 0 radical (unpaired) electrons. The number of nitrogens with one attached hydrogen (secondary N) is 1. The maximum absolute atomic E-state index is 13.1. The van der Waals surface area contributed by atoms with Crippen LogP contribution in [0.15, 0.2) is 36.8 Å². The van der Waals surface area contributed by atoms with Crippen molar-refractivity contribution in [2.24, 2.45) is 0 Å². The van der Waals surface area contributed by atoms with E-state index in [2.05, 4.69) is 20.9 Å². The normalized spacial score (nSPS) is 14.9. The molecule has 1 aliphatic carbocycles. The highest BCUT2D eigenvalue weighted by Gasteiger charge is 2.20. The van der Waals surface area contributed by atoms with Crippen LogP contribution in [0.3, 0.4) is 0 Å². The van der Waals surface area contributed by atoms with Gasteiger partial charge in [0.1, 0.15) is 5.82 Å². The zero-order valence-electron chi connectivity index (χ0n) is 10.1. The standard InChI is InChI=1S/C14H16FN3/c15-12-6-11(7-16-8-12)10-18-5-1-2-14(18)9-17-13-3-4-13/h1-2,5-8,13,17H,3-4,9-10H2. The average Bonchev–Trinajstić information content (AvgIpc) is 3.08. The molecule has 0 unspecified atom stereocenters. The van der Waals surface area contributed by atoms with E-state index in [0.717, 1.165) is 12.1 Å². The Balaban J connectivity index is 1.69. The van der Waals surface area contributed by atoms with E-state index < -0.39 is 0 Å². The fourth-order valence-corrected chi connectivity index (χ4v) is 2.04. The second-order valence-electron chi connectivity index (χ2n) is 4.79. The van der Waals surface area contributed by atoms with Crippen molar-refractivity contribution in [3.8, 4) is 0 Å². The molecule has 0 aliphatic heterocycles. The van der Waals surface area contributed by atoms with Crippen LogP contribution in [0.2, 0.25) is 0 Å². The summed E-state index contributed by atoms with van der Waals surface area (Å²) < 4.78 is 15.2. The first-order valence-electron chi connectivity index (χ1n) is 6.28. The van der Waals surface area contributed by atoms with Crippen molar-refractivity contribution in [1.82, 2.24) is 14.9 Å². The Morgan fingerprint density at radius 2 is 2.28 bits per heavy atom. The molecule has 1 fully saturated rings. The molecule has 0 aromatic carbocycles. The highest BCUT2D eigenvalue weighted by Crippen LogP contribution is 2.19. The van der Waals surface area contributed by atoms with Gasteiger partial charge in [-0.05, 0) is 36.6 Å². The molecule has 3 nitrogen and oxygen atoms in total. The second-order valence-corrected chi connectivity index (χ2v) is 4.79. The van der Waals surface area contributed by atoms with Crippen LogP contribution in [-0.4, -0.2) is 15.6 Å². The van der Waals surface area contributed by atoms with Crippen molar-refractivity contribution in [3.05, 3.63) is 53.9 Å². The number of rotatable bonds is 5. The molecule has 18 heavy (non-hydrogen) atoms. The van der Waals surface area contributed by atoms with Gasteiger partial charge in [0.25, 0.3) is 0 Å². The van der Waals surface area contributed by atoms with Gasteiger partial charge >= 0.3 is 0 Å². The number of aromatic nitrogens is 2. The second kappa shape index (κ2) is 4.90. The first kappa shape index (κ1) is 11.4. The number of hydrogen-bond acceptors (Lipinski definition) is 2. The van der Waals surface area contributed by atoms with Gasteiger partial charge in [-0.1, -0.05) is 0 Å². The van der Waals surface area contributed by atoms with Crippen molar-refractivity contribution >= 4 is 0 Å². The molecule has 0 saturated heterocycles. The summed E-state index contributed by atoms with van der Waals surface area (Å²) in [5.74, 6) is -0.280. The molecule has 0 amide bonds. The molecular weight excluding hydrogens is 229 g/mol. The van der Waals surface area contributed by atoms with Crippen LogP contribution in [-0.2, 0) is 13.1 Å². The molecule has 94 valence electrons. The molecule has 0 spiro atoms. The Morgan fingerprint density at radius 3 is 3.06 bits per heavy atom. The van der Waals surface area contributed by atoms with E-state index in [1.54, 1.807) is 6.20 Å². The molecule has 2 aromatic rings. The van der Waals surface area contributed by atoms with Crippen LogP contribution in [0.4, 0.5) is 4.39 Å². The van der Waals surface area contributed by atoms with E-state index in [1.165, 1.54) is 30.8 Å². The maximum atomic E-state index is 13.1. The minimum absolute atomic E-state index is 0.280. The molecule has 1 N–H and O–H groups in total. The largest absolute Gasteiger partial charge is 0.346 e. The Kier molecular flexibility index (Phi) is 3.11. The Morgan fingerprint density at radius 1 is 1.39 bits per heavy atom. The minimum atomic E-state index is -0.280. The van der Waals surface area contributed by atoms with Gasteiger partial charge in [-0.2, -0.15) is 0 Å². The molecule has 0 bridgehead atoms. The lowest BCUT2D eigenvalue weighted by atomic mass is 10.2. The Bertz CT molecular complexity index is 531. The topological polar surface area (TPSA) is 29.9 Å². The van der Waals surface area contributed by atoms with E-state index >= 15 is 0 Å². The predicted molar refractivity (Wildman–Crippen MR) is 67.6 cm³/mol. The SMILES string of the molecule is Fc1cncc(Cn2cccc2CNC2CC2)c1. The van der Waals surface area contributed by atoms with Crippen molar-refractivity contribution in [1.29, 1.82) is 0 Å². The highest BCUT2D eigenvalue weighted by molar-refractivity contribution is 5.15. The molecule has 0 atom stereocenters. The molecular formula is C14H16FN3. The number of halogens is 1. The zero-order chi connectivity index (χ0) is 12.4. The summed E-state index contributed by atoms with van der Waals surface area (Å²) in [5.41, 5.74) is 2.12. The summed E-state index contributed by atoms with van der Waals surface area (Å²) in [7, 11) is 0. The molecule has 2 aromatic heterocycles. The Hall–Kier alpha value is -1.68. The van der Waals surface area contributed by atoms with Gasteiger partial charge in [-0.3, -0.25) is 4.98 Å². The third kappa shape index (κ3) is 2.76. The smallest absolute Gasteiger partial charge is 0.141 e. The Labute approximate surface area is 106 Å². The van der Waals surface area contributed by atoms with E-state index in [4.69, 9.17) is 0 Å². The maximum Gasteiger partial charge on any atom is 0.141 e. The molecule has 2 heterocycles. The zero-order valence-corrected chi connectivity index (χ0v) is 10.1. The van der Waals surface area contributed by atoms with Crippen molar-refractivity contribution < 1.29 is 4.39 Å². The minimum Gasteiger partial charge on any atom is -0.346 e. The van der Waals surface area contributed by atoms with Crippen LogP contribution in [0.1, 0.15) is 24.1 Å². The van der Waals surface area contributed by atoms with Crippen LogP contribution >= 0.6 is 0 Å². The monoisotopic (exact) mass is 245 g/mol. The predicted octanol–water partition coefficient (Wildman–Crippen LogP) is 2.32. The van der Waals surface area contributed by atoms with Gasteiger partial charge in [-0.15, -0.1) is 0 Å². The van der Waals surface area contributed by atoms with E-state index in [0.29, 0.717) is 12.6 Å². The first-order chi connectivity index (χ1) is 8.81. The van der Waals surface area contributed by atoms with E-state index in [9.17, 15) is 4.39 Å². The third-order valence-electron chi connectivity index (χ3n) is 3.19. The lowest BCUT2D eigenvalue weighted by Gasteiger charge is -2.10. The summed E-state index contributed by atoms with van der Waals surface area (Å²) in [6.45, 7) is 1.54. The molecule has 3 rings (SSSR count). The van der Waals surface area contributed by atoms with Crippen molar-refractivity contribution in [2.75, 3.05) is 0 Å². The first-order valence-corrected chi connectivity index (χ1v) is 6.28. The summed E-state index contributed by atoms with van der Waals surface area (Å²) in [5, 5.41) is 3.49. The summed E-state index contributed by atoms with van der Waals surface area (Å²) in [6.07, 6.45) is 7.54. The van der Waals surface area contributed by atoms with Gasteiger partial charge in [0, 0.05) is 37.2 Å². The quantitative estimate of drug-likeness (QED) is 0.876. The van der Waals surface area contributed by atoms with Gasteiger partial charge in [-0.25, -0.2) is 4.39 Å². The van der Waals surface area contributed by atoms with Crippen molar-refractivity contribution in [3.63, 3.8) is 0 Å². The summed E-state index contributed by atoms with van der Waals surface area (Å²) in [6, 6.07) is 6.35. The van der Waals surface area contributed by atoms with E-state index in [1.807, 2.05) is 12.3 Å². The number of hydrogen-bond donors (Lipinski definition) is 1. The fraction of sp³-hybridized carbons (Fsp3) is 0.357. The van der Waals surface area contributed by atoms with Crippen LogP contribution < -0.4 is 5.32 Å². The fourth-order valence-electron chi connectivity index (χ4n) is 2.04. The average molecular weight is 245 g/mol. The molecule has 1 aliphatic rings. The molecule has 1 saturated carbocycles. The van der Waals surface area contributed by atoms with Gasteiger partial charge in [0.05, 0.1) is 6.20 Å². The van der Waals surface area contributed by atoms with Gasteiger partial charge in [0.15, 0.2) is 0 Å². The van der Waals surface area contributed by atoms with Gasteiger partial charge < -0.3 is 9.88 Å². The number of pyridine rings is 1. The summed E-state index contributed by atoms with van der Waals surface area (Å²) in [4.78, 5) is 3.87. The van der Waals surface area contributed by atoms with E-state index in [-0.39, 0.29) is 5.82 Å². The number of nitrogens with zero attached hydrogens (tertiary/aromatic N) is 2. The van der Waals surface area contributed by atoms with Crippen LogP contribution in [0.25, 0.3) is 0 Å². The van der Waals surface area contributed by atoms with Gasteiger partial charge in [0.2, 0.25) is 0 Å². The van der Waals surface area contributed by atoms with Crippen molar-refractivity contribution in [2.45, 2.75) is 32.0 Å². The highest BCUT2D eigenvalue weighted by atomic mass is 19.1. The third-order valence-corrected chi connectivity index (χ3v) is 3.19. The molecule has 4 heteroatoms. The lowest BCUT2D eigenvalue weighted by Crippen LogP contribution is -2.18. The van der Waals surface area contributed by atoms with Crippen LogP contribution in [0.5, 0.6) is 0 Å².